The molecule has 45 heavy (non-hydrogen) atoms. The number of hydrogen-bond donors (Lipinski definition) is 2. The smallest absolute Gasteiger partial charge is 0.330 e. The van der Waals surface area contributed by atoms with Crippen LogP contribution in [0.4, 0.5) is 0 Å². The number of carbonyl (C=O) groups excluding carboxylic acids is 1. The molecule has 1 saturated heterocycles. The van der Waals surface area contributed by atoms with Gasteiger partial charge < -0.3 is 28.8 Å². The van der Waals surface area contributed by atoms with Gasteiger partial charge in [-0.15, -0.1) is 0 Å². The van der Waals surface area contributed by atoms with E-state index in [4.69, 9.17) is 18.9 Å². The summed E-state index contributed by atoms with van der Waals surface area (Å²) >= 11 is 0. The second-order valence-electron chi connectivity index (χ2n) is 10.4. The molecular formula is C34H34N2O9. The van der Waals surface area contributed by atoms with E-state index in [-0.39, 0.29) is 18.6 Å². The zero-order valence-corrected chi connectivity index (χ0v) is 25.0. The van der Waals surface area contributed by atoms with E-state index in [1.165, 1.54) is 23.9 Å². The van der Waals surface area contributed by atoms with Gasteiger partial charge in [0.1, 0.15) is 29.4 Å². The van der Waals surface area contributed by atoms with Crippen LogP contribution >= 0.6 is 0 Å². The van der Waals surface area contributed by atoms with Crippen LogP contribution in [0.1, 0.15) is 34.9 Å². The Morgan fingerprint density at radius 3 is 2.07 bits per heavy atom. The Hall–Kier alpha value is -4.97. The summed E-state index contributed by atoms with van der Waals surface area (Å²) in [4.78, 5) is 38.8. The molecule has 0 radical (unpaired) electrons. The van der Waals surface area contributed by atoms with Gasteiger partial charge in [0.25, 0.3) is 5.56 Å². The maximum absolute atomic E-state index is 12.7. The van der Waals surface area contributed by atoms with Crippen LogP contribution in [0.2, 0.25) is 0 Å². The summed E-state index contributed by atoms with van der Waals surface area (Å²) in [7, 11) is 4.41. The number of ether oxygens (including phenoxy) is 5. The first-order valence-corrected chi connectivity index (χ1v) is 14.2. The summed E-state index contributed by atoms with van der Waals surface area (Å²) in [6.07, 6.45) is 0.919. The number of aromatic nitrogens is 2. The molecule has 2 heterocycles. The fourth-order valence-corrected chi connectivity index (χ4v) is 5.38. The third-order valence-corrected chi connectivity index (χ3v) is 7.75. The van der Waals surface area contributed by atoms with Crippen LogP contribution in [-0.4, -0.2) is 60.8 Å². The first-order chi connectivity index (χ1) is 21.8. The fourth-order valence-electron chi connectivity index (χ4n) is 5.38. The third kappa shape index (κ3) is 6.60. The van der Waals surface area contributed by atoms with Crippen molar-refractivity contribution in [2.45, 2.75) is 30.5 Å². The van der Waals surface area contributed by atoms with Crippen molar-refractivity contribution in [1.29, 1.82) is 0 Å². The molecule has 4 aromatic rings. The molecule has 11 nitrogen and oxygen atoms in total. The van der Waals surface area contributed by atoms with Crippen molar-refractivity contribution in [1.82, 2.24) is 9.55 Å². The highest BCUT2D eigenvalue weighted by molar-refractivity contribution is 5.86. The van der Waals surface area contributed by atoms with E-state index in [1.54, 1.807) is 14.2 Å². The minimum absolute atomic E-state index is 0.0416. The highest BCUT2D eigenvalue weighted by Gasteiger charge is 2.42. The summed E-state index contributed by atoms with van der Waals surface area (Å²) in [6.45, 7) is -0.0577. The zero-order chi connectivity index (χ0) is 32.0. The maximum Gasteiger partial charge on any atom is 0.330 e. The lowest BCUT2D eigenvalue weighted by atomic mass is 9.80. The molecule has 0 spiro atoms. The van der Waals surface area contributed by atoms with Crippen molar-refractivity contribution in [2.75, 3.05) is 27.9 Å². The number of H-pyrrole nitrogens is 1. The Bertz CT molecular complexity index is 1700. The number of nitrogens with one attached hydrogen (secondary N) is 1. The lowest BCUT2D eigenvalue weighted by molar-refractivity contribution is -0.134. The van der Waals surface area contributed by atoms with E-state index < -0.39 is 41.3 Å². The second-order valence-corrected chi connectivity index (χ2v) is 10.4. The van der Waals surface area contributed by atoms with Gasteiger partial charge in [0, 0.05) is 18.7 Å². The lowest BCUT2D eigenvalue weighted by Crippen LogP contribution is -2.38. The van der Waals surface area contributed by atoms with Crippen molar-refractivity contribution >= 4 is 12.0 Å². The summed E-state index contributed by atoms with van der Waals surface area (Å²) in [5.74, 6) is 0.701. The Kier molecular flexibility index (Phi) is 9.62. The van der Waals surface area contributed by atoms with Gasteiger partial charge in [0.2, 0.25) is 0 Å². The maximum atomic E-state index is 12.7. The van der Waals surface area contributed by atoms with Gasteiger partial charge in [0.05, 0.1) is 39.6 Å². The molecule has 5 rings (SSSR count). The number of benzene rings is 3. The van der Waals surface area contributed by atoms with Gasteiger partial charge in [-0.1, -0.05) is 54.6 Å². The van der Waals surface area contributed by atoms with Crippen molar-refractivity contribution in [3.05, 3.63) is 134 Å². The summed E-state index contributed by atoms with van der Waals surface area (Å²) in [5, 5.41) is 11.1. The summed E-state index contributed by atoms with van der Waals surface area (Å²) in [5.41, 5.74) is -0.0411. The monoisotopic (exact) mass is 614 g/mol. The average Bonchev–Trinajstić information content (AvgIpc) is 3.45. The van der Waals surface area contributed by atoms with Gasteiger partial charge in [-0.3, -0.25) is 14.3 Å². The van der Waals surface area contributed by atoms with Gasteiger partial charge >= 0.3 is 11.7 Å². The first-order valence-electron chi connectivity index (χ1n) is 14.2. The highest BCUT2D eigenvalue weighted by atomic mass is 16.6. The summed E-state index contributed by atoms with van der Waals surface area (Å²) < 4.78 is 29.6. The molecule has 11 heteroatoms. The first kappa shape index (κ1) is 31.5. The number of nitrogens with zero attached hydrogens (tertiary/aromatic N) is 1. The predicted octanol–water partition coefficient (Wildman–Crippen LogP) is 3.40. The molecule has 234 valence electrons. The largest absolute Gasteiger partial charge is 0.497 e. The van der Waals surface area contributed by atoms with Crippen molar-refractivity contribution < 1.29 is 33.6 Å². The van der Waals surface area contributed by atoms with Crippen molar-refractivity contribution in [3.63, 3.8) is 0 Å². The van der Waals surface area contributed by atoms with E-state index >= 15 is 0 Å². The number of aliphatic hydroxyl groups is 1. The molecule has 2 N–H and O–H groups in total. The Labute approximate surface area is 259 Å². The molecule has 1 aliphatic rings. The molecule has 0 aliphatic carbocycles. The number of aromatic amines is 1. The zero-order valence-electron chi connectivity index (χ0n) is 25.0. The molecule has 1 fully saturated rings. The third-order valence-electron chi connectivity index (χ3n) is 7.75. The Morgan fingerprint density at radius 2 is 1.51 bits per heavy atom. The molecule has 0 unspecified atom stereocenters. The molecule has 3 aromatic carbocycles. The van der Waals surface area contributed by atoms with Gasteiger partial charge in [-0.05, 0) is 47.0 Å². The Balaban J connectivity index is 1.50. The fraction of sp³-hybridized carbons (Fsp3) is 0.265. The van der Waals surface area contributed by atoms with Gasteiger partial charge in [-0.2, -0.15) is 0 Å². The topological polar surface area (TPSA) is 138 Å². The van der Waals surface area contributed by atoms with Crippen LogP contribution in [0, 0.1) is 0 Å². The quantitative estimate of drug-likeness (QED) is 0.148. The van der Waals surface area contributed by atoms with Crippen LogP contribution < -0.4 is 20.7 Å². The second kappa shape index (κ2) is 13.8. The van der Waals surface area contributed by atoms with E-state index in [1.807, 2.05) is 78.9 Å². The number of hydrogen-bond acceptors (Lipinski definition) is 9. The van der Waals surface area contributed by atoms with Crippen molar-refractivity contribution in [2.24, 2.45) is 0 Å². The van der Waals surface area contributed by atoms with Crippen LogP contribution in [-0.2, 0) is 24.6 Å². The number of esters is 1. The minimum atomic E-state index is -1.14. The molecule has 1 aliphatic heterocycles. The van der Waals surface area contributed by atoms with Crippen LogP contribution in [0.3, 0.4) is 0 Å². The van der Waals surface area contributed by atoms with E-state index in [2.05, 4.69) is 9.72 Å². The van der Waals surface area contributed by atoms with Crippen LogP contribution in [0.15, 0.2) is 101 Å². The molecule has 0 bridgehead atoms. The summed E-state index contributed by atoms with van der Waals surface area (Å²) in [6, 6.07) is 24.8. The predicted molar refractivity (Wildman–Crippen MR) is 165 cm³/mol. The normalized spacial score (nSPS) is 18.2. The number of aliphatic hydroxyl groups excluding tert-OH is 1. The highest BCUT2D eigenvalue weighted by Crippen LogP contribution is 2.42. The molecule has 0 saturated carbocycles. The average molecular weight is 615 g/mol. The standard InChI is InChI=1S/C34H34N2O9/c1-41-26-14-10-24(11-15-26)34(23-7-5-4-6-8-23,25-12-16-27(42-2)17-13-25)44-21-29-28(37)19-30(45-29)36-20-22(9-18-31(38)43-3)32(39)35-33(36)40/h4-18,20,28-30,37H,19,21H2,1-3H3,(H,35,39,40)/t28-,29+,30+/m0/s1. The minimum Gasteiger partial charge on any atom is -0.497 e. The van der Waals surface area contributed by atoms with Gasteiger partial charge in [0.15, 0.2) is 0 Å². The van der Waals surface area contributed by atoms with Crippen molar-refractivity contribution in [3.8, 4) is 11.5 Å². The molecule has 0 amide bonds. The molecule has 1 aromatic heterocycles. The SMILES string of the molecule is COC(=O)C=Cc1cn([C@H]2C[C@H](O)[C@@H](COC(c3ccccc3)(c3ccc(OC)cc3)c3ccc(OC)cc3)O2)c(=O)[nH]c1=O. The van der Waals surface area contributed by atoms with E-state index in [9.17, 15) is 19.5 Å². The Morgan fingerprint density at radius 1 is 0.933 bits per heavy atom. The van der Waals surface area contributed by atoms with Crippen LogP contribution in [0.25, 0.3) is 6.08 Å². The number of methoxy groups -OCH3 is 3. The molecule has 3 atom stereocenters. The van der Waals surface area contributed by atoms with E-state index in [0.717, 1.165) is 22.8 Å². The number of rotatable bonds is 11. The van der Waals surface area contributed by atoms with Gasteiger partial charge in [-0.25, -0.2) is 9.59 Å². The van der Waals surface area contributed by atoms with E-state index in [0.29, 0.717) is 11.5 Å². The number of carbonyl (C=O) groups is 1. The lowest BCUT2D eigenvalue weighted by Gasteiger charge is -2.37. The molecular weight excluding hydrogens is 580 g/mol. The van der Waals surface area contributed by atoms with Crippen LogP contribution in [0.5, 0.6) is 11.5 Å².